The first-order valence-electron chi connectivity index (χ1n) is 7.39. The van der Waals surface area contributed by atoms with E-state index >= 15 is 0 Å². The predicted molar refractivity (Wildman–Crippen MR) is 95.3 cm³/mol. The summed E-state index contributed by atoms with van der Waals surface area (Å²) in [4.78, 5) is 36.2. The summed E-state index contributed by atoms with van der Waals surface area (Å²) < 4.78 is 0. The van der Waals surface area contributed by atoms with Crippen molar-refractivity contribution in [3.05, 3.63) is 50.9 Å². The van der Waals surface area contributed by atoms with E-state index in [0.717, 1.165) is 21.0 Å². The maximum absolute atomic E-state index is 12.2. The van der Waals surface area contributed by atoms with E-state index < -0.39 is 0 Å². The van der Waals surface area contributed by atoms with Crippen molar-refractivity contribution in [1.82, 2.24) is 15.3 Å². The molecule has 1 amide bonds. The third-order valence-corrected chi connectivity index (χ3v) is 5.58. The summed E-state index contributed by atoms with van der Waals surface area (Å²) in [6.45, 7) is 4.33. The topological polar surface area (TPSA) is 89.0 Å². The minimum absolute atomic E-state index is 0.112. The van der Waals surface area contributed by atoms with Crippen molar-refractivity contribution >= 4 is 39.2 Å². The maximum atomic E-state index is 12.2. The Morgan fingerprint density at radius 3 is 3.00 bits per heavy atom. The van der Waals surface area contributed by atoms with Gasteiger partial charge in [0.1, 0.15) is 11.4 Å². The number of carbonyl (C=O) groups is 1. The zero-order valence-electron chi connectivity index (χ0n) is 13.3. The lowest BCUT2D eigenvalue weighted by Gasteiger charge is -2.02. The molecule has 0 radical (unpaired) electrons. The Kier molecular flexibility index (Phi) is 4.96. The van der Waals surface area contributed by atoms with Gasteiger partial charge in [0.2, 0.25) is 5.91 Å². The molecule has 3 aromatic rings. The zero-order valence-corrected chi connectivity index (χ0v) is 14.9. The number of aryl methyl sites for hydroxylation is 2. The van der Waals surface area contributed by atoms with Crippen LogP contribution in [0.15, 0.2) is 34.3 Å². The Balaban J connectivity index is 1.63. The lowest BCUT2D eigenvalue weighted by Crippen LogP contribution is -2.28. The molecule has 0 aliphatic heterocycles. The van der Waals surface area contributed by atoms with E-state index in [0.29, 0.717) is 17.1 Å². The quantitative estimate of drug-likeness (QED) is 0.536. The fourth-order valence-corrected chi connectivity index (χ4v) is 4.00. The van der Waals surface area contributed by atoms with Crippen molar-refractivity contribution in [2.24, 2.45) is 0 Å². The van der Waals surface area contributed by atoms with Crippen LogP contribution < -0.4 is 15.9 Å². The standard InChI is InChI=1S/C16H16N4O2S2/c1-9-10(2)24-15-13(9)14(22)19-16(20-15)23-8-12(21)18-7-11-5-3-4-6-17-11/h3-6H,7-8H2,1-2H3,(H,18,21)(H,19,20,22)/p+1. The van der Waals surface area contributed by atoms with Gasteiger partial charge in [0.05, 0.1) is 11.1 Å². The molecule has 24 heavy (non-hydrogen) atoms. The smallest absolute Gasteiger partial charge is 0.260 e. The van der Waals surface area contributed by atoms with Crippen LogP contribution >= 0.6 is 23.1 Å². The number of thiophene rings is 1. The van der Waals surface area contributed by atoms with Gasteiger partial charge < -0.3 is 10.3 Å². The Morgan fingerprint density at radius 2 is 2.25 bits per heavy atom. The molecule has 0 bridgehead atoms. The van der Waals surface area contributed by atoms with Crippen LogP contribution in [0.25, 0.3) is 10.2 Å². The first kappa shape index (κ1) is 16.7. The highest BCUT2D eigenvalue weighted by atomic mass is 32.2. The molecule has 0 aromatic carbocycles. The molecule has 0 atom stereocenters. The van der Waals surface area contributed by atoms with Crippen LogP contribution in [0.1, 0.15) is 16.1 Å². The van der Waals surface area contributed by atoms with Gasteiger partial charge >= 0.3 is 0 Å². The molecular weight excluding hydrogens is 344 g/mol. The number of hydrogen-bond donors (Lipinski definition) is 2. The molecule has 0 aliphatic rings. The van der Waals surface area contributed by atoms with E-state index in [1.165, 1.54) is 23.1 Å². The second-order valence-corrected chi connectivity index (χ2v) is 7.45. The van der Waals surface area contributed by atoms with E-state index in [9.17, 15) is 9.59 Å². The van der Waals surface area contributed by atoms with Gasteiger partial charge in [0, 0.05) is 17.0 Å². The number of thioether (sulfide) groups is 1. The van der Waals surface area contributed by atoms with Gasteiger partial charge in [-0.15, -0.1) is 11.3 Å². The maximum Gasteiger partial charge on any atom is 0.260 e. The molecule has 0 unspecified atom stereocenters. The normalized spacial score (nSPS) is 10.9. The summed E-state index contributed by atoms with van der Waals surface area (Å²) in [5, 5.41) is 3.94. The molecule has 3 aromatic heterocycles. The number of aromatic nitrogens is 3. The van der Waals surface area contributed by atoms with Crippen LogP contribution in [0.5, 0.6) is 0 Å². The number of aromatic amines is 2. The average molecular weight is 361 g/mol. The molecule has 0 fully saturated rings. The molecule has 0 spiro atoms. The first-order chi connectivity index (χ1) is 11.5. The van der Waals surface area contributed by atoms with Gasteiger partial charge in [-0.1, -0.05) is 17.8 Å². The van der Waals surface area contributed by atoms with Gasteiger partial charge in [0.25, 0.3) is 5.56 Å². The van der Waals surface area contributed by atoms with Crippen LogP contribution in [0.2, 0.25) is 0 Å². The highest BCUT2D eigenvalue weighted by Gasteiger charge is 2.13. The summed E-state index contributed by atoms with van der Waals surface area (Å²) >= 11 is 2.73. The Hall–Kier alpha value is -2.19. The van der Waals surface area contributed by atoms with Gasteiger partial charge in [0.15, 0.2) is 17.0 Å². The lowest BCUT2D eigenvalue weighted by atomic mass is 10.2. The Morgan fingerprint density at radius 1 is 1.42 bits per heavy atom. The van der Waals surface area contributed by atoms with Crippen molar-refractivity contribution < 1.29 is 9.78 Å². The van der Waals surface area contributed by atoms with E-state index in [4.69, 9.17) is 0 Å². The van der Waals surface area contributed by atoms with Gasteiger partial charge in [-0.3, -0.25) is 9.59 Å². The molecule has 0 aliphatic carbocycles. The SMILES string of the molecule is Cc1sc2nc(SCC(=O)NCc3cccc[nH+]3)[nH]c(=O)c2c1C. The van der Waals surface area contributed by atoms with Crippen LogP contribution in [-0.4, -0.2) is 21.6 Å². The molecule has 3 N–H and O–H groups in total. The molecule has 124 valence electrons. The second kappa shape index (κ2) is 7.14. The number of rotatable bonds is 5. The predicted octanol–water partition coefficient (Wildman–Crippen LogP) is 1.82. The third kappa shape index (κ3) is 3.65. The van der Waals surface area contributed by atoms with E-state index in [1.54, 1.807) is 0 Å². The highest BCUT2D eigenvalue weighted by Crippen LogP contribution is 2.27. The Bertz CT molecular complexity index is 934. The molecule has 0 saturated carbocycles. The lowest BCUT2D eigenvalue weighted by molar-refractivity contribution is -0.390. The van der Waals surface area contributed by atoms with Crippen molar-refractivity contribution in [1.29, 1.82) is 0 Å². The largest absolute Gasteiger partial charge is 0.345 e. The van der Waals surface area contributed by atoms with E-state index in [2.05, 4.69) is 20.3 Å². The van der Waals surface area contributed by atoms with Crippen molar-refractivity contribution in [2.75, 3.05) is 5.75 Å². The summed E-state index contributed by atoms with van der Waals surface area (Å²) in [6, 6.07) is 5.69. The molecular formula is C16H17N4O2S2+. The number of amides is 1. The second-order valence-electron chi connectivity index (χ2n) is 5.29. The number of hydrogen-bond acceptors (Lipinski definition) is 5. The average Bonchev–Trinajstić information content (AvgIpc) is 2.86. The third-order valence-electron chi connectivity index (χ3n) is 3.61. The van der Waals surface area contributed by atoms with Crippen molar-refractivity contribution in [3.63, 3.8) is 0 Å². The highest BCUT2D eigenvalue weighted by molar-refractivity contribution is 7.99. The molecule has 3 heterocycles. The van der Waals surface area contributed by atoms with Crippen molar-refractivity contribution in [2.45, 2.75) is 25.5 Å². The minimum atomic E-state index is -0.149. The van der Waals surface area contributed by atoms with Gasteiger partial charge in [-0.25, -0.2) is 9.97 Å². The first-order valence-corrected chi connectivity index (χ1v) is 9.20. The minimum Gasteiger partial charge on any atom is -0.345 e. The zero-order chi connectivity index (χ0) is 17.1. The fraction of sp³-hybridized carbons (Fsp3) is 0.250. The number of carbonyl (C=O) groups excluding carboxylic acids is 1. The molecule has 3 rings (SSSR count). The van der Waals surface area contributed by atoms with Crippen LogP contribution in [-0.2, 0) is 11.3 Å². The number of H-pyrrole nitrogens is 2. The van der Waals surface area contributed by atoms with Crippen LogP contribution in [0.3, 0.4) is 0 Å². The number of fused-ring (bicyclic) bond motifs is 1. The molecule has 6 nitrogen and oxygen atoms in total. The molecule has 0 saturated heterocycles. The van der Waals surface area contributed by atoms with E-state index in [1.807, 2.05) is 38.2 Å². The number of pyridine rings is 1. The van der Waals surface area contributed by atoms with Gasteiger partial charge in [-0.2, -0.15) is 0 Å². The van der Waals surface area contributed by atoms with Crippen LogP contribution in [0, 0.1) is 13.8 Å². The fourth-order valence-electron chi connectivity index (χ4n) is 2.22. The summed E-state index contributed by atoms with van der Waals surface area (Å²) in [5.74, 6) is 0.0866. The molecule has 8 heteroatoms. The van der Waals surface area contributed by atoms with E-state index in [-0.39, 0.29) is 17.2 Å². The van der Waals surface area contributed by atoms with Crippen molar-refractivity contribution in [3.8, 4) is 0 Å². The number of nitrogens with one attached hydrogen (secondary N) is 3. The van der Waals surface area contributed by atoms with Crippen LogP contribution in [0.4, 0.5) is 0 Å². The Labute approximate surface area is 146 Å². The van der Waals surface area contributed by atoms with Gasteiger partial charge in [-0.05, 0) is 19.4 Å². The summed E-state index contributed by atoms with van der Waals surface area (Å²) in [7, 11) is 0. The summed E-state index contributed by atoms with van der Waals surface area (Å²) in [5.41, 5.74) is 1.74. The number of nitrogens with zero attached hydrogens (tertiary/aromatic N) is 1. The monoisotopic (exact) mass is 361 g/mol. The summed E-state index contributed by atoms with van der Waals surface area (Å²) in [6.07, 6.45) is 1.81.